The molecule has 0 radical (unpaired) electrons. The van der Waals surface area contributed by atoms with Crippen LogP contribution < -0.4 is 5.32 Å². The second-order valence-electron chi connectivity index (χ2n) is 3.46. The summed E-state index contributed by atoms with van der Waals surface area (Å²) in [4.78, 5) is 8.40. The van der Waals surface area contributed by atoms with Gasteiger partial charge in [0, 0.05) is 17.4 Å². The maximum Gasteiger partial charge on any atom is 0.183 e. The van der Waals surface area contributed by atoms with Gasteiger partial charge >= 0.3 is 0 Å². The molecule has 0 aliphatic carbocycles. The highest BCUT2D eigenvalue weighted by molar-refractivity contribution is 8.13. The van der Waals surface area contributed by atoms with Gasteiger partial charge < -0.3 is 4.57 Å². The third-order valence-electron chi connectivity index (χ3n) is 2.30. The number of aliphatic imine (C=N–C) groups is 1. The van der Waals surface area contributed by atoms with Crippen molar-refractivity contribution in [2.45, 2.75) is 0 Å². The highest BCUT2D eigenvalue weighted by atomic mass is 35.5. The van der Waals surface area contributed by atoms with Crippen LogP contribution in [0.4, 0.5) is 5.69 Å². The zero-order valence-electron chi connectivity index (χ0n) is 10.0. The minimum Gasteiger partial charge on any atom is -0.304 e. The molecule has 0 atom stereocenters. The fraction of sp³-hybridized carbons (Fsp3) is 0.0833. The number of nitrogens with one attached hydrogen (secondary N) is 1. The molecule has 2 rings (SSSR count). The Morgan fingerprint density at radius 3 is 3.05 bits per heavy atom. The lowest BCUT2D eigenvalue weighted by molar-refractivity contribution is 1.05. The standard InChI is InChI=1S/C12H10ClN5S/c1-19-12(16-7-14)17-10-6-9(13)2-3-11(10)18-5-4-15-8-18/h2-6,8H,1H3,(H,16,17). The summed E-state index contributed by atoms with van der Waals surface area (Å²) < 4.78 is 1.83. The van der Waals surface area contributed by atoms with Crippen LogP contribution in [-0.4, -0.2) is 21.0 Å². The number of hydrogen-bond acceptors (Lipinski definition) is 4. The quantitative estimate of drug-likeness (QED) is 0.400. The first kappa shape index (κ1) is 13.5. The molecule has 0 aliphatic heterocycles. The van der Waals surface area contributed by atoms with Gasteiger partial charge in [-0.05, 0) is 24.5 Å². The molecule has 0 unspecified atom stereocenters. The van der Waals surface area contributed by atoms with Crippen molar-refractivity contribution in [3.05, 3.63) is 41.9 Å². The van der Waals surface area contributed by atoms with Crippen molar-refractivity contribution in [2.75, 3.05) is 6.26 Å². The number of nitriles is 1. The third kappa shape index (κ3) is 3.28. The average molecular weight is 292 g/mol. The summed E-state index contributed by atoms with van der Waals surface area (Å²) in [6.45, 7) is 0. The van der Waals surface area contributed by atoms with Crippen molar-refractivity contribution in [2.24, 2.45) is 4.99 Å². The van der Waals surface area contributed by atoms with E-state index in [1.165, 1.54) is 11.8 Å². The summed E-state index contributed by atoms with van der Waals surface area (Å²) in [5.74, 6) is 0. The van der Waals surface area contributed by atoms with E-state index in [1.54, 1.807) is 24.7 Å². The van der Waals surface area contributed by atoms with Crippen LogP contribution in [0.3, 0.4) is 0 Å². The number of aromatic nitrogens is 2. The monoisotopic (exact) mass is 291 g/mol. The van der Waals surface area contributed by atoms with Gasteiger partial charge in [-0.25, -0.2) is 9.98 Å². The first-order valence-electron chi connectivity index (χ1n) is 5.30. The van der Waals surface area contributed by atoms with Crippen LogP contribution >= 0.6 is 23.4 Å². The Kier molecular flexibility index (Phi) is 4.44. The van der Waals surface area contributed by atoms with E-state index in [-0.39, 0.29) is 0 Å². The predicted octanol–water partition coefficient (Wildman–Crippen LogP) is 2.95. The molecule has 5 nitrogen and oxygen atoms in total. The molecule has 96 valence electrons. The van der Waals surface area contributed by atoms with Crippen molar-refractivity contribution in [3.63, 3.8) is 0 Å². The molecule has 0 fully saturated rings. The van der Waals surface area contributed by atoms with Crippen molar-refractivity contribution < 1.29 is 0 Å². The lowest BCUT2D eigenvalue weighted by Gasteiger charge is -2.08. The minimum absolute atomic E-state index is 0.506. The Morgan fingerprint density at radius 1 is 1.58 bits per heavy atom. The molecule has 0 spiro atoms. The van der Waals surface area contributed by atoms with Gasteiger partial charge in [-0.2, -0.15) is 5.26 Å². The Morgan fingerprint density at radius 2 is 2.42 bits per heavy atom. The molecular weight excluding hydrogens is 282 g/mol. The largest absolute Gasteiger partial charge is 0.304 e. The number of rotatable bonds is 2. The van der Waals surface area contributed by atoms with Gasteiger partial charge in [-0.15, -0.1) is 0 Å². The lowest BCUT2D eigenvalue weighted by Crippen LogP contribution is -2.12. The Bertz CT molecular complexity index is 630. The Labute approximate surface area is 119 Å². The van der Waals surface area contributed by atoms with Crippen LogP contribution in [0.2, 0.25) is 5.02 Å². The van der Waals surface area contributed by atoms with E-state index >= 15 is 0 Å². The number of imidazole rings is 1. The number of thioether (sulfide) groups is 1. The SMILES string of the molecule is CSC(=Nc1cc(Cl)ccc1-n1ccnc1)NC#N. The summed E-state index contributed by atoms with van der Waals surface area (Å²) in [7, 11) is 0. The zero-order chi connectivity index (χ0) is 13.7. The van der Waals surface area contributed by atoms with Crippen LogP contribution in [0.1, 0.15) is 0 Å². The van der Waals surface area contributed by atoms with Gasteiger partial charge in [0.15, 0.2) is 11.4 Å². The molecule has 2 aromatic rings. The summed E-state index contributed by atoms with van der Waals surface area (Å²) in [6.07, 6.45) is 8.88. The summed E-state index contributed by atoms with van der Waals surface area (Å²) in [5.41, 5.74) is 1.51. The molecule has 0 saturated heterocycles. The van der Waals surface area contributed by atoms with E-state index in [4.69, 9.17) is 16.9 Å². The molecule has 19 heavy (non-hydrogen) atoms. The van der Waals surface area contributed by atoms with Crippen LogP contribution in [0.25, 0.3) is 5.69 Å². The van der Waals surface area contributed by atoms with Gasteiger partial charge in [-0.1, -0.05) is 23.4 Å². The summed E-state index contributed by atoms with van der Waals surface area (Å²) >= 11 is 7.35. The molecule has 1 aromatic heterocycles. The number of nitrogens with zero attached hydrogens (tertiary/aromatic N) is 4. The minimum atomic E-state index is 0.506. The van der Waals surface area contributed by atoms with Crippen LogP contribution in [0.5, 0.6) is 0 Å². The second kappa shape index (κ2) is 6.27. The molecule has 1 aromatic carbocycles. The second-order valence-corrected chi connectivity index (χ2v) is 4.69. The van der Waals surface area contributed by atoms with E-state index in [1.807, 2.05) is 29.3 Å². The molecule has 0 bridgehead atoms. The van der Waals surface area contributed by atoms with E-state index in [0.29, 0.717) is 15.9 Å². The number of benzene rings is 1. The average Bonchev–Trinajstić information content (AvgIpc) is 2.92. The summed E-state index contributed by atoms with van der Waals surface area (Å²) in [6, 6.07) is 5.38. The fourth-order valence-corrected chi connectivity index (χ4v) is 1.99. The molecule has 0 saturated carbocycles. The maximum atomic E-state index is 8.66. The van der Waals surface area contributed by atoms with E-state index < -0.39 is 0 Å². The lowest BCUT2D eigenvalue weighted by atomic mass is 10.2. The zero-order valence-corrected chi connectivity index (χ0v) is 11.6. The predicted molar refractivity (Wildman–Crippen MR) is 77.9 cm³/mol. The normalized spacial score (nSPS) is 11.1. The highest BCUT2D eigenvalue weighted by Gasteiger charge is 2.06. The molecular formula is C12H10ClN5S. The first-order valence-corrected chi connectivity index (χ1v) is 6.90. The van der Waals surface area contributed by atoms with Crippen molar-refractivity contribution in [3.8, 4) is 11.9 Å². The van der Waals surface area contributed by atoms with E-state index in [2.05, 4.69) is 15.3 Å². The van der Waals surface area contributed by atoms with Crippen molar-refractivity contribution in [1.29, 1.82) is 5.26 Å². The molecule has 7 heteroatoms. The first-order chi connectivity index (χ1) is 9.24. The number of halogens is 1. The van der Waals surface area contributed by atoms with Crippen LogP contribution in [-0.2, 0) is 0 Å². The Balaban J connectivity index is 2.50. The third-order valence-corrected chi connectivity index (χ3v) is 3.11. The summed E-state index contributed by atoms with van der Waals surface area (Å²) in [5, 5.41) is 12.3. The van der Waals surface area contributed by atoms with E-state index in [0.717, 1.165) is 5.69 Å². The topological polar surface area (TPSA) is 66.0 Å². The van der Waals surface area contributed by atoms with Crippen LogP contribution in [0, 0.1) is 11.5 Å². The van der Waals surface area contributed by atoms with Gasteiger partial charge in [0.2, 0.25) is 0 Å². The molecule has 1 heterocycles. The van der Waals surface area contributed by atoms with Gasteiger partial charge in [0.05, 0.1) is 17.7 Å². The number of amidine groups is 1. The fourth-order valence-electron chi connectivity index (χ4n) is 1.49. The maximum absolute atomic E-state index is 8.66. The van der Waals surface area contributed by atoms with Crippen molar-refractivity contribution in [1.82, 2.24) is 14.9 Å². The van der Waals surface area contributed by atoms with Gasteiger partial charge in [0.1, 0.15) is 0 Å². The number of hydrogen-bond donors (Lipinski definition) is 1. The van der Waals surface area contributed by atoms with E-state index in [9.17, 15) is 0 Å². The molecule has 0 aliphatic rings. The Hall–Kier alpha value is -1.97. The van der Waals surface area contributed by atoms with Crippen molar-refractivity contribution >= 4 is 34.2 Å². The molecule has 0 amide bonds. The van der Waals surface area contributed by atoms with Crippen LogP contribution in [0.15, 0.2) is 41.9 Å². The highest BCUT2D eigenvalue weighted by Crippen LogP contribution is 2.27. The smallest absolute Gasteiger partial charge is 0.183 e. The van der Waals surface area contributed by atoms with Gasteiger partial charge in [-0.3, -0.25) is 5.32 Å². The van der Waals surface area contributed by atoms with Gasteiger partial charge in [0.25, 0.3) is 0 Å². The molecule has 1 N–H and O–H groups in total.